The van der Waals surface area contributed by atoms with Crippen LogP contribution in [0.1, 0.15) is 87.0 Å². The first-order chi connectivity index (χ1) is 15.5. The van der Waals surface area contributed by atoms with Gasteiger partial charge in [-0.3, -0.25) is 9.59 Å². The average Bonchev–Trinajstić information content (AvgIpc) is 3.10. The molecule has 4 aliphatic carbocycles. The zero-order chi connectivity index (χ0) is 24.1. The molecule has 0 unspecified atom stereocenters. The third-order valence-electron chi connectivity index (χ3n) is 10.1. The summed E-state index contributed by atoms with van der Waals surface area (Å²) in [5, 5.41) is 0. The molecule has 33 heavy (non-hydrogen) atoms. The summed E-state index contributed by atoms with van der Waals surface area (Å²) in [6, 6.07) is 0. The van der Waals surface area contributed by atoms with Crippen LogP contribution in [0.3, 0.4) is 0 Å². The SMILES string of the molecule is CC(=O)O[C@H]1C=C2C(=CC[C@]3(C)[C@@H]2CC[C@H]3[C@H](C)/C=C/[C@H](C)C(C)C)[C@]2(C)CCC(=O)C[C@H]12. The molecule has 0 heterocycles. The van der Waals surface area contributed by atoms with Gasteiger partial charge in [-0.15, -0.1) is 0 Å². The van der Waals surface area contributed by atoms with Crippen molar-refractivity contribution in [3.05, 3.63) is 35.5 Å². The Hall–Kier alpha value is -1.64. The number of Topliss-reactive ketones (excluding diaryl/α,β-unsaturated/α-hetero) is 1. The Morgan fingerprint density at radius 3 is 2.55 bits per heavy atom. The van der Waals surface area contributed by atoms with Crippen LogP contribution in [-0.2, 0) is 14.3 Å². The van der Waals surface area contributed by atoms with Crippen LogP contribution in [0.4, 0.5) is 0 Å². The fourth-order valence-electron chi connectivity index (χ4n) is 7.61. The van der Waals surface area contributed by atoms with Gasteiger partial charge < -0.3 is 4.74 Å². The lowest BCUT2D eigenvalue weighted by atomic mass is 9.51. The summed E-state index contributed by atoms with van der Waals surface area (Å²) < 4.78 is 5.86. The van der Waals surface area contributed by atoms with Gasteiger partial charge in [0, 0.05) is 25.7 Å². The van der Waals surface area contributed by atoms with Gasteiger partial charge in [0.05, 0.1) is 0 Å². The van der Waals surface area contributed by atoms with Gasteiger partial charge >= 0.3 is 5.97 Å². The van der Waals surface area contributed by atoms with Crippen molar-refractivity contribution in [3.63, 3.8) is 0 Å². The molecule has 8 atom stereocenters. The van der Waals surface area contributed by atoms with E-state index in [4.69, 9.17) is 4.74 Å². The highest BCUT2D eigenvalue weighted by Crippen LogP contribution is 2.64. The van der Waals surface area contributed by atoms with Gasteiger partial charge in [0.25, 0.3) is 0 Å². The molecule has 0 aromatic carbocycles. The smallest absolute Gasteiger partial charge is 0.303 e. The number of hydrogen-bond acceptors (Lipinski definition) is 3. The first-order valence-electron chi connectivity index (χ1n) is 13.3. The summed E-state index contributed by atoms with van der Waals surface area (Å²) in [5.41, 5.74) is 3.05. The molecule has 0 N–H and O–H groups in total. The Bertz CT molecular complexity index is 892. The summed E-state index contributed by atoms with van der Waals surface area (Å²) in [4.78, 5) is 24.3. The van der Waals surface area contributed by atoms with Gasteiger partial charge in [0.15, 0.2) is 0 Å². The average molecular weight is 453 g/mol. The maximum Gasteiger partial charge on any atom is 0.303 e. The molecule has 0 bridgehead atoms. The highest BCUT2D eigenvalue weighted by molar-refractivity contribution is 5.80. The Balaban J connectivity index is 1.67. The van der Waals surface area contributed by atoms with Crippen molar-refractivity contribution < 1.29 is 14.3 Å². The predicted molar refractivity (Wildman–Crippen MR) is 133 cm³/mol. The molecule has 3 heteroatoms. The monoisotopic (exact) mass is 452 g/mol. The first kappa shape index (κ1) is 24.5. The Morgan fingerprint density at radius 1 is 1.15 bits per heavy atom. The van der Waals surface area contributed by atoms with Crippen molar-refractivity contribution in [1.29, 1.82) is 0 Å². The van der Waals surface area contributed by atoms with Gasteiger partial charge in [-0.1, -0.05) is 59.8 Å². The second-order valence-electron chi connectivity index (χ2n) is 12.4. The normalized spacial score (nSPS) is 39.9. The van der Waals surface area contributed by atoms with E-state index in [9.17, 15) is 9.59 Å². The van der Waals surface area contributed by atoms with E-state index in [2.05, 4.69) is 65.8 Å². The molecule has 182 valence electrons. The highest BCUT2D eigenvalue weighted by Gasteiger charge is 2.57. The zero-order valence-corrected chi connectivity index (χ0v) is 21.8. The van der Waals surface area contributed by atoms with Crippen LogP contribution in [0.2, 0.25) is 0 Å². The predicted octanol–water partition coefficient (Wildman–Crippen LogP) is 7.08. The van der Waals surface area contributed by atoms with Crippen LogP contribution in [0.15, 0.2) is 35.5 Å². The number of ether oxygens (including phenoxy) is 1. The zero-order valence-electron chi connectivity index (χ0n) is 21.8. The lowest BCUT2D eigenvalue weighted by Crippen LogP contribution is -2.49. The van der Waals surface area contributed by atoms with Crippen LogP contribution in [0, 0.1) is 46.3 Å². The summed E-state index contributed by atoms with van der Waals surface area (Å²) in [7, 11) is 0. The van der Waals surface area contributed by atoms with Crippen LogP contribution < -0.4 is 0 Å². The minimum Gasteiger partial charge on any atom is -0.458 e. The third kappa shape index (κ3) is 4.19. The topological polar surface area (TPSA) is 43.4 Å². The van der Waals surface area contributed by atoms with Gasteiger partial charge in [-0.25, -0.2) is 0 Å². The fraction of sp³-hybridized carbons (Fsp3) is 0.733. The van der Waals surface area contributed by atoms with E-state index in [-0.39, 0.29) is 28.8 Å². The number of esters is 1. The second-order valence-corrected chi connectivity index (χ2v) is 12.4. The number of carbonyl (C=O) groups excluding carboxylic acids is 2. The molecule has 0 aliphatic heterocycles. The fourth-order valence-corrected chi connectivity index (χ4v) is 7.61. The summed E-state index contributed by atoms with van der Waals surface area (Å²) in [5.74, 6) is 3.13. The molecule has 3 nitrogen and oxygen atoms in total. The number of fused-ring (bicyclic) bond motifs is 5. The summed E-state index contributed by atoms with van der Waals surface area (Å²) >= 11 is 0. The lowest BCUT2D eigenvalue weighted by molar-refractivity contribution is -0.151. The lowest BCUT2D eigenvalue weighted by Gasteiger charge is -2.54. The molecule has 4 rings (SSSR count). The summed E-state index contributed by atoms with van der Waals surface area (Å²) in [6.45, 7) is 15.6. The molecule has 0 spiro atoms. The second kappa shape index (κ2) is 8.86. The minimum absolute atomic E-state index is 0.0681. The molecular formula is C30H44O3. The van der Waals surface area contributed by atoms with Crippen molar-refractivity contribution in [2.75, 3.05) is 0 Å². The third-order valence-corrected chi connectivity index (χ3v) is 10.1. The first-order valence-corrected chi connectivity index (χ1v) is 13.3. The molecule has 0 aromatic rings. The van der Waals surface area contributed by atoms with Crippen LogP contribution in [-0.4, -0.2) is 17.9 Å². The van der Waals surface area contributed by atoms with E-state index in [1.807, 2.05) is 0 Å². The van der Waals surface area contributed by atoms with Crippen molar-refractivity contribution in [3.8, 4) is 0 Å². The number of rotatable bonds is 5. The molecule has 4 aliphatic rings. The number of ketones is 1. The van der Waals surface area contributed by atoms with Crippen LogP contribution in [0.25, 0.3) is 0 Å². The van der Waals surface area contributed by atoms with Crippen molar-refractivity contribution in [1.82, 2.24) is 0 Å². The number of allylic oxidation sites excluding steroid dienone is 5. The van der Waals surface area contributed by atoms with Crippen molar-refractivity contribution in [2.45, 2.75) is 93.1 Å². The minimum atomic E-state index is -0.283. The molecule has 0 saturated heterocycles. The Morgan fingerprint density at radius 2 is 1.88 bits per heavy atom. The van der Waals surface area contributed by atoms with Crippen molar-refractivity contribution in [2.24, 2.45) is 46.3 Å². The summed E-state index contributed by atoms with van der Waals surface area (Å²) in [6.07, 6.45) is 15.0. The van der Waals surface area contributed by atoms with Gasteiger partial charge in [0.1, 0.15) is 11.9 Å². The number of carbonyl (C=O) groups is 2. The molecule has 2 saturated carbocycles. The standard InChI is InChI=1S/C30H44O3/c1-18(2)19(3)8-9-20(4)24-10-11-25-23-17-28(33-21(5)31)27-16-22(32)12-14-30(27,7)26(23)13-15-29(24,25)6/h8-9,13,17-20,24-25,27-28H,10-12,14-16H2,1-7H3/b9-8+/t19-,20+,24-,25+,27+,28-,29-,30-/m0/s1. The molecule has 2 fully saturated rings. The molecule has 0 aromatic heterocycles. The van der Waals surface area contributed by atoms with Crippen LogP contribution >= 0.6 is 0 Å². The van der Waals surface area contributed by atoms with E-state index in [1.165, 1.54) is 30.9 Å². The Labute approximate surface area is 201 Å². The van der Waals surface area contributed by atoms with Crippen LogP contribution in [0.5, 0.6) is 0 Å². The molecule has 0 amide bonds. The van der Waals surface area contributed by atoms with E-state index in [0.717, 1.165) is 12.8 Å². The highest BCUT2D eigenvalue weighted by atomic mass is 16.5. The van der Waals surface area contributed by atoms with Crippen molar-refractivity contribution >= 4 is 11.8 Å². The maximum atomic E-state index is 12.4. The maximum absolute atomic E-state index is 12.4. The van der Waals surface area contributed by atoms with E-state index in [0.29, 0.717) is 48.2 Å². The Kier molecular flexibility index (Phi) is 6.57. The van der Waals surface area contributed by atoms with Gasteiger partial charge in [-0.05, 0) is 83.3 Å². The quantitative estimate of drug-likeness (QED) is 0.331. The van der Waals surface area contributed by atoms with Gasteiger partial charge in [-0.2, -0.15) is 0 Å². The van der Waals surface area contributed by atoms with E-state index in [1.54, 1.807) is 0 Å². The van der Waals surface area contributed by atoms with E-state index >= 15 is 0 Å². The molecular weight excluding hydrogens is 408 g/mol. The van der Waals surface area contributed by atoms with Gasteiger partial charge in [0.2, 0.25) is 0 Å². The number of hydrogen-bond donors (Lipinski definition) is 0. The van der Waals surface area contributed by atoms with E-state index < -0.39 is 0 Å². The largest absolute Gasteiger partial charge is 0.458 e. The molecule has 0 radical (unpaired) electrons.